The molecule has 1 unspecified atom stereocenters. The fourth-order valence-electron chi connectivity index (χ4n) is 14.1. The normalized spacial score (nSPS) is 13.3. The molecule has 0 aliphatic heterocycles. The molecule has 0 bridgehead atoms. The Morgan fingerprint density at radius 2 is 0.227 bits per heavy atom. The summed E-state index contributed by atoms with van der Waals surface area (Å²) in [7, 11) is -49.5. The van der Waals surface area contributed by atoms with Crippen LogP contribution in [0.2, 0.25) is 0 Å². The molecule has 0 aliphatic carbocycles. The van der Waals surface area contributed by atoms with Gasteiger partial charge in [0.15, 0.2) is 0 Å². The van der Waals surface area contributed by atoms with Crippen LogP contribution in [0.3, 0.4) is 0 Å². The molecule has 0 aromatic heterocycles. The molecule has 0 saturated heterocycles. The van der Waals surface area contributed by atoms with Crippen LogP contribution < -0.4 is 0 Å². The third kappa shape index (κ3) is 71.8. The van der Waals surface area contributed by atoms with Crippen LogP contribution >= 0.6 is 0 Å². The zero-order valence-electron chi connectivity index (χ0n) is 94.9. The second-order valence-electron chi connectivity index (χ2n) is 37.1. The summed E-state index contributed by atoms with van der Waals surface area (Å²) in [5, 5.41) is 0. The van der Waals surface area contributed by atoms with Gasteiger partial charge in [0.2, 0.25) is 0 Å². The van der Waals surface area contributed by atoms with Crippen LogP contribution in [-0.4, -0.2) is 234 Å². The molecule has 41 heteroatoms. The highest BCUT2D eigenvalue weighted by Crippen LogP contribution is 2.40. The number of hydrogen-bond acceptors (Lipinski definition) is 30. The number of hydrogen-bond donors (Lipinski definition) is 0. The average Bonchev–Trinajstić information content (AvgIpc) is 0.753. The molecule has 0 radical (unpaired) electrons. The van der Waals surface area contributed by atoms with Crippen molar-refractivity contribution in [2.24, 2.45) is 0 Å². The molecular formula is C100H224O30Si11. The van der Waals surface area contributed by atoms with Gasteiger partial charge in [-0.2, -0.15) is 0 Å². The van der Waals surface area contributed by atoms with Crippen molar-refractivity contribution in [1.82, 2.24) is 0 Å². The van der Waals surface area contributed by atoms with Gasteiger partial charge in [0.05, 0.1) is 0 Å². The van der Waals surface area contributed by atoms with Crippen molar-refractivity contribution in [3.05, 3.63) is 0 Å². The second-order valence-corrected chi connectivity index (χ2v) is 61.8. The first kappa shape index (κ1) is 142. The first-order chi connectivity index (χ1) is 68.8. The van der Waals surface area contributed by atoms with Gasteiger partial charge in [0, 0.05) is 132 Å². The molecule has 0 heterocycles. The smallest absolute Gasteiger partial charge is 0.427 e. The van der Waals surface area contributed by atoms with Crippen LogP contribution in [0, 0.1) is 0 Å². The van der Waals surface area contributed by atoms with Crippen molar-refractivity contribution in [1.29, 1.82) is 0 Å². The molecule has 0 amide bonds. The summed E-state index contributed by atoms with van der Waals surface area (Å²) < 4.78 is 231. The highest BCUT2D eigenvalue weighted by atomic mass is 28.6. The zero-order valence-corrected chi connectivity index (χ0v) is 107. The van der Waals surface area contributed by atoms with Crippen LogP contribution in [0.4, 0.5) is 0 Å². The predicted octanol–water partition coefficient (Wildman–Crippen LogP) is 27.2. The summed E-state index contributed by atoms with van der Waals surface area (Å²) in [5.74, 6) is 0. The lowest BCUT2D eigenvalue weighted by Crippen LogP contribution is -2.74. The van der Waals surface area contributed by atoms with Crippen LogP contribution in [-0.2, 0) is 130 Å². The van der Waals surface area contributed by atoms with Gasteiger partial charge in [-0.05, 0) is 128 Å². The van der Waals surface area contributed by atoms with Gasteiger partial charge < -0.3 is 130 Å². The van der Waals surface area contributed by atoms with Gasteiger partial charge in [0.1, 0.15) is 10.5 Å². The largest absolute Gasteiger partial charge is 0.673 e. The van der Waals surface area contributed by atoms with E-state index in [1.165, 1.54) is 0 Å². The minimum atomic E-state index is -5.49. The minimum absolute atomic E-state index is 0.0315. The van der Waals surface area contributed by atoms with E-state index in [0.717, 1.165) is 263 Å². The van der Waals surface area contributed by atoms with Gasteiger partial charge in [-0.3, -0.25) is 0 Å². The van der Waals surface area contributed by atoms with Crippen molar-refractivity contribution in [3.63, 3.8) is 0 Å². The van der Waals surface area contributed by atoms with E-state index in [-0.39, 0.29) is 136 Å². The van der Waals surface area contributed by atoms with E-state index < -0.39 is 91.0 Å². The van der Waals surface area contributed by atoms with Gasteiger partial charge in [0.25, 0.3) is 0 Å². The molecular weight excluding hydrogens is 1990 g/mol. The summed E-state index contributed by atoms with van der Waals surface area (Å²) in [6.45, 7) is 46.0. The first-order valence-electron chi connectivity index (χ1n) is 58.4. The Labute approximate surface area is 881 Å². The summed E-state index contributed by atoms with van der Waals surface area (Å²) in [5.41, 5.74) is 0. The van der Waals surface area contributed by atoms with Crippen LogP contribution in [0.1, 0.15) is 524 Å². The molecule has 30 nitrogen and oxygen atoms in total. The average molecular weight is 2220 g/mol. The maximum atomic E-state index is 8.43. The Bertz CT molecular complexity index is 2470. The quantitative estimate of drug-likeness (QED) is 0.0404. The molecule has 0 saturated carbocycles. The molecule has 848 valence electrons. The fourth-order valence-corrected chi connectivity index (χ4v) is 48.4. The fraction of sp³-hybridized carbons (Fsp3) is 1.00. The molecule has 141 heavy (non-hydrogen) atoms. The third-order valence-electron chi connectivity index (χ3n) is 22.9. The van der Waals surface area contributed by atoms with Crippen molar-refractivity contribution in [3.8, 4) is 0 Å². The number of rotatable bonds is 119. The maximum Gasteiger partial charge on any atom is 0.673 e. The monoisotopic (exact) mass is 2210 g/mol. The van der Waals surface area contributed by atoms with E-state index in [9.17, 15) is 0 Å². The lowest BCUT2D eigenvalue weighted by Gasteiger charge is -2.44. The molecule has 0 rings (SSSR count). The first-order valence-corrected chi connectivity index (χ1v) is 75.3. The Balaban J connectivity index is 12.0. The SMILES string of the molecule is CCCCCO[SiH](O[SiH3])O[Si](OCCCCC)(OCCCCC)O[Si](OCCCCC)(OCCCCC)O[Si](OCCCCC)(OCCCCC)O[Si](OCCCCC)(OCCCCC)O[Si](OCCCCC)(OCCCCC)O[Si](OCCCCC)(OCCCCC)O[Si](OCCCCC)(OCCCCC)O[Si](OCCCCC)(OCCCCC)O[Si](OCCCCC)(OCCCCC)OCCCCC. The highest BCUT2D eigenvalue weighted by Gasteiger charge is 2.76. The second kappa shape index (κ2) is 98.1. The minimum Gasteiger partial charge on any atom is -0.427 e. The Morgan fingerprint density at radius 1 is 0.128 bits per heavy atom. The van der Waals surface area contributed by atoms with E-state index in [4.69, 9.17) is 130 Å². The van der Waals surface area contributed by atoms with E-state index >= 15 is 0 Å². The molecule has 1 atom stereocenters. The molecule has 0 aromatic rings. The lowest BCUT2D eigenvalue weighted by atomic mass is 10.3. The van der Waals surface area contributed by atoms with Crippen LogP contribution in [0.5, 0.6) is 0 Å². The standard InChI is InChI=1S/C100H224O30Si11/c1-21-41-61-81-101-132(121-131)122-134(105-85-65-45-25-5,106-86-66-46-26-6)124-136(109-89-69-49-29-9,110-90-70-50-30-10)126-138(113-93-73-53-33-13,114-94-74-54-34-14)128-140(117-97-77-57-37-17,118-98-78-58-38-18)130-141(119-99-79-59-39-19,120-100-80-60-40-20)129-139(115-95-75-55-35-15,116-96-76-56-36-16)127-137(111-91-71-51-31-11,112-92-72-52-32-12)125-135(107-87-67-47-27-7,108-88-68-48-28-8)123-133(102-82-62-42-22-2,103-83-63-43-23-3)104-84-64-44-24-4/h132H,21-100H2,1-20,131H3. The van der Waals surface area contributed by atoms with E-state index in [1.807, 2.05) is 0 Å². The van der Waals surface area contributed by atoms with Gasteiger partial charge in [-0.25, -0.2) is 0 Å². The molecule has 0 aromatic carbocycles. The molecule has 0 spiro atoms. The number of unbranched alkanes of at least 4 members (excludes halogenated alkanes) is 40. The topological polar surface area (TPSA) is 277 Å². The van der Waals surface area contributed by atoms with Crippen LogP contribution in [0.15, 0.2) is 0 Å². The lowest BCUT2D eigenvalue weighted by molar-refractivity contribution is -0.101. The molecule has 0 fully saturated rings. The summed E-state index contributed by atoms with van der Waals surface area (Å²) >= 11 is 0. The highest BCUT2D eigenvalue weighted by molar-refractivity contribution is 6.83. The molecule has 0 aliphatic rings. The molecule has 0 N–H and O–H groups in total. The van der Waals surface area contributed by atoms with Crippen molar-refractivity contribution in [2.45, 2.75) is 524 Å². The van der Waals surface area contributed by atoms with Crippen molar-refractivity contribution in [2.75, 3.05) is 132 Å². The summed E-state index contributed by atoms with van der Waals surface area (Å²) in [6, 6.07) is 0. The van der Waals surface area contributed by atoms with Gasteiger partial charge in [-0.15, -0.1) is 0 Å². The van der Waals surface area contributed by atoms with Gasteiger partial charge >= 0.3 is 91.0 Å². The van der Waals surface area contributed by atoms with Crippen LogP contribution in [0.25, 0.3) is 0 Å². The van der Waals surface area contributed by atoms with E-state index in [0.29, 0.717) is 129 Å². The van der Waals surface area contributed by atoms with Crippen molar-refractivity contribution >= 4 is 101 Å². The van der Waals surface area contributed by atoms with Crippen molar-refractivity contribution < 1.29 is 130 Å². The zero-order chi connectivity index (χ0) is 104. The van der Waals surface area contributed by atoms with E-state index in [2.05, 4.69) is 138 Å². The Kier molecular flexibility index (Phi) is 98.9. The summed E-state index contributed by atoms with van der Waals surface area (Å²) in [4.78, 5) is 0. The maximum absolute atomic E-state index is 8.43. The predicted molar refractivity (Wildman–Crippen MR) is 589 cm³/mol. The van der Waals surface area contributed by atoms with Gasteiger partial charge in [-0.1, -0.05) is 395 Å². The Hall–Kier alpha value is 1.19. The Morgan fingerprint density at radius 3 is 0.348 bits per heavy atom. The third-order valence-corrected chi connectivity index (χ3v) is 53.5. The summed E-state index contributed by atoms with van der Waals surface area (Å²) in [6.07, 6.45) is 46.2. The van der Waals surface area contributed by atoms with E-state index in [1.54, 1.807) is 0 Å².